The zero-order valence-electron chi connectivity index (χ0n) is 18.9. The number of hydrogen-bond donors (Lipinski definition) is 0. The van der Waals surface area contributed by atoms with Crippen LogP contribution in [0.15, 0.2) is 101 Å². The van der Waals surface area contributed by atoms with Gasteiger partial charge >= 0.3 is 5.97 Å². The van der Waals surface area contributed by atoms with Crippen LogP contribution in [0.2, 0.25) is 0 Å². The summed E-state index contributed by atoms with van der Waals surface area (Å²) in [5.74, 6) is -0.343. The van der Waals surface area contributed by atoms with Gasteiger partial charge in [0.05, 0.1) is 17.2 Å². The molecule has 0 aliphatic rings. The predicted molar refractivity (Wildman–Crippen MR) is 138 cm³/mol. The van der Waals surface area contributed by atoms with Gasteiger partial charge in [-0.25, -0.2) is 4.79 Å². The minimum absolute atomic E-state index is 0.299. The van der Waals surface area contributed by atoms with E-state index in [0.717, 1.165) is 39.8 Å². The molecular weight excluding hydrogens is 442 g/mol. The van der Waals surface area contributed by atoms with Gasteiger partial charge < -0.3 is 4.74 Å². The summed E-state index contributed by atoms with van der Waals surface area (Å²) in [6.45, 7) is 2.10. The van der Waals surface area contributed by atoms with E-state index in [1.165, 1.54) is 11.3 Å². The van der Waals surface area contributed by atoms with Gasteiger partial charge in [-0.15, -0.1) is 11.3 Å². The largest absolute Gasteiger partial charge is 0.464 e. The lowest BCUT2D eigenvalue weighted by Crippen LogP contribution is -2.26. The lowest BCUT2D eigenvalue weighted by atomic mass is 9.99. The Kier molecular flexibility index (Phi) is 7.79. The van der Waals surface area contributed by atoms with E-state index in [1.54, 1.807) is 6.92 Å². The zero-order chi connectivity index (χ0) is 23.8. The number of carbonyl (C=O) groups is 2. The highest BCUT2D eigenvalue weighted by Crippen LogP contribution is 2.25. The van der Waals surface area contributed by atoms with Crippen molar-refractivity contribution in [3.63, 3.8) is 0 Å². The molecule has 0 saturated carbocycles. The van der Waals surface area contributed by atoms with Gasteiger partial charge in [0.2, 0.25) is 0 Å². The van der Waals surface area contributed by atoms with E-state index < -0.39 is 6.04 Å². The topological polar surface area (TPSA) is 55.7 Å². The third kappa shape index (κ3) is 5.74. The van der Waals surface area contributed by atoms with Gasteiger partial charge in [-0.3, -0.25) is 9.79 Å². The quantitative estimate of drug-likeness (QED) is 0.166. The molecule has 0 spiro atoms. The molecule has 170 valence electrons. The van der Waals surface area contributed by atoms with Crippen molar-refractivity contribution < 1.29 is 14.3 Å². The Balaban J connectivity index is 1.66. The molecule has 0 N–H and O–H groups in total. The second-order valence-electron chi connectivity index (χ2n) is 7.73. The molecule has 4 nitrogen and oxygen atoms in total. The van der Waals surface area contributed by atoms with Crippen molar-refractivity contribution in [1.82, 2.24) is 0 Å². The SMILES string of the molecule is CCOC(=O)C(Cc1ccc(-c2csc(C=O)c2)cc1)N=C(c1ccccc1)c1ccccc1. The fourth-order valence-electron chi connectivity index (χ4n) is 3.71. The summed E-state index contributed by atoms with van der Waals surface area (Å²) in [7, 11) is 0. The monoisotopic (exact) mass is 467 g/mol. The van der Waals surface area contributed by atoms with Crippen molar-refractivity contribution in [2.24, 2.45) is 4.99 Å². The van der Waals surface area contributed by atoms with Crippen LogP contribution in [0, 0.1) is 0 Å². The molecular formula is C29H25NO3S. The second-order valence-corrected chi connectivity index (χ2v) is 8.68. The fraction of sp³-hybridized carbons (Fsp3) is 0.138. The van der Waals surface area contributed by atoms with E-state index in [9.17, 15) is 9.59 Å². The Morgan fingerprint density at radius 1 is 0.912 bits per heavy atom. The molecule has 1 heterocycles. The molecule has 0 amide bonds. The van der Waals surface area contributed by atoms with Crippen LogP contribution in [0.3, 0.4) is 0 Å². The highest BCUT2D eigenvalue weighted by Gasteiger charge is 2.21. The smallest absolute Gasteiger partial charge is 0.331 e. The van der Waals surface area contributed by atoms with E-state index in [1.807, 2.05) is 96.4 Å². The van der Waals surface area contributed by atoms with Gasteiger partial charge in [0.25, 0.3) is 0 Å². The van der Waals surface area contributed by atoms with Crippen LogP contribution >= 0.6 is 11.3 Å². The minimum atomic E-state index is -0.677. The number of thiophene rings is 1. The average molecular weight is 468 g/mol. The lowest BCUT2D eigenvalue weighted by molar-refractivity contribution is -0.144. The molecule has 1 unspecified atom stereocenters. The highest BCUT2D eigenvalue weighted by molar-refractivity contribution is 7.12. The number of nitrogens with zero attached hydrogens (tertiary/aromatic N) is 1. The zero-order valence-corrected chi connectivity index (χ0v) is 19.7. The molecule has 4 aromatic rings. The molecule has 0 aliphatic carbocycles. The summed E-state index contributed by atoms with van der Waals surface area (Å²) in [5.41, 5.74) is 5.67. The lowest BCUT2D eigenvalue weighted by Gasteiger charge is -2.15. The van der Waals surface area contributed by atoms with Crippen molar-refractivity contribution in [2.75, 3.05) is 6.61 Å². The molecule has 0 bridgehead atoms. The molecule has 0 aliphatic heterocycles. The van der Waals surface area contributed by atoms with E-state index in [2.05, 4.69) is 0 Å². The maximum absolute atomic E-state index is 12.9. The van der Waals surface area contributed by atoms with E-state index >= 15 is 0 Å². The maximum Gasteiger partial charge on any atom is 0.331 e. The van der Waals surface area contributed by atoms with Crippen LogP contribution in [0.4, 0.5) is 0 Å². The van der Waals surface area contributed by atoms with Crippen LogP contribution in [-0.4, -0.2) is 30.6 Å². The standard InChI is InChI=1S/C29H25NO3S/c1-2-33-29(32)27(17-21-13-15-22(16-14-21)25-18-26(19-31)34-20-25)30-28(23-9-5-3-6-10-23)24-11-7-4-8-12-24/h3-16,18-20,27H,2,17H2,1H3. The molecule has 1 aromatic heterocycles. The van der Waals surface area contributed by atoms with Crippen LogP contribution < -0.4 is 0 Å². The van der Waals surface area contributed by atoms with Crippen molar-refractivity contribution in [3.8, 4) is 11.1 Å². The molecule has 0 radical (unpaired) electrons. The Morgan fingerprint density at radius 3 is 2.06 bits per heavy atom. The Bertz CT molecular complexity index is 1220. The minimum Gasteiger partial charge on any atom is -0.464 e. The third-order valence-electron chi connectivity index (χ3n) is 5.39. The summed E-state index contributed by atoms with van der Waals surface area (Å²) >= 11 is 1.42. The molecule has 3 aromatic carbocycles. The molecule has 1 atom stereocenters. The normalized spacial score (nSPS) is 11.4. The first-order chi connectivity index (χ1) is 16.7. The third-order valence-corrected chi connectivity index (χ3v) is 6.25. The van der Waals surface area contributed by atoms with Crippen molar-refractivity contribution in [3.05, 3.63) is 118 Å². The first-order valence-electron chi connectivity index (χ1n) is 11.2. The second kappa shape index (κ2) is 11.3. The first-order valence-corrected chi connectivity index (χ1v) is 12.0. The van der Waals surface area contributed by atoms with Crippen molar-refractivity contribution >= 4 is 29.3 Å². The number of carbonyl (C=O) groups excluding carboxylic acids is 2. The number of aldehydes is 1. The van der Waals surface area contributed by atoms with E-state index in [4.69, 9.17) is 9.73 Å². The van der Waals surface area contributed by atoms with Crippen LogP contribution in [0.25, 0.3) is 11.1 Å². The van der Waals surface area contributed by atoms with Crippen LogP contribution in [-0.2, 0) is 16.0 Å². The molecule has 34 heavy (non-hydrogen) atoms. The average Bonchev–Trinajstić information content (AvgIpc) is 3.37. The Morgan fingerprint density at radius 2 is 1.53 bits per heavy atom. The summed E-state index contributed by atoms with van der Waals surface area (Å²) in [5, 5.41) is 1.97. The van der Waals surface area contributed by atoms with E-state index in [0.29, 0.717) is 17.9 Å². The first kappa shape index (κ1) is 23.3. The van der Waals surface area contributed by atoms with Gasteiger partial charge in [0, 0.05) is 17.5 Å². The molecule has 5 heteroatoms. The van der Waals surface area contributed by atoms with Gasteiger partial charge in [-0.2, -0.15) is 0 Å². The number of esters is 1. The number of hydrogen-bond acceptors (Lipinski definition) is 5. The van der Waals surface area contributed by atoms with Crippen molar-refractivity contribution in [1.29, 1.82) is 0 Å². The fourth-order valence-corrected chi connectivity index (χ4v) is 4.42. The van der Waals surface area contributed by atoms with Gasteiger partial charge in [0.1, 0.15) is 0 Å². The number of aliphatic imine (C=N–C) groups is 1. The molecule has 4 rings (SSSR count). The predicted octanol–water partition coefficient (Wildman–Crippen LogP) is 6.24. The number of ether oxygens (including phenoxy) is 1. The molecule has 0 saturated heterocycles. The van der Waals surface area contributed by atoms with Crippen molar-refractivity contribution in [2.45, 2.75) is 19.4 Å². The number of rotatable bonds is 9. The maximum atomic E-state index is 12.9. The van der Waals surface area contributed by atoms with Gasteiger partial charge in [-0.1, -0.05) is 84.9 Å². The van der Waals surface area contributed by atoms with Crippen LogP contribution in [0.1, 0.15) is 33.3 Å². The summed E-state index contributed by atoms with van der Waals surface area (Å²) in [6.07, 6.45) is 1.28. The van der Waals surface area contributed by atoms with E-state index in [-0.39, 0.29) is 5.97 Å². The van der Waals surface area contributed by atoms with Crippen LogP contribution in [0.5, 0.6) is 0 Å². The Hall–Kier alpha value is -3.83. The summed E-state index contributed by atoms with van der Waals surface area (Å²) in [6, 6.07) is 29.0. The van der Waals surface area contributed by atoms with Gasteiger partial charge in [0.15, 0.2) is 12.3 Å². The highest BCUT2D eigenvalue weighted by atomic mass is 32.1. The Labute approximate surface area is 203 Å². The summed E-state index contributed by atoms with van der Waals surface area (Å²) in [4.78, 5) is 29.5. The summed E-state index contributed by atoms with van der Waals surface area (Å²) < 4.78 is 5.38. The van der Waals surface area contributed by atoms with Gasteiger partial charge in [-0.05, 0) is 35.1 Å². The molecule has 0 fully saturated rings. The number of benzene rings is 3.